The van der Waals surface area contributed by atoms with Crippen LogP contribution >= 0.6 is 11.8 Å². The summed E-state index contributed by atoms with van der Waals surface area (Å²) < 4.78 is 39.7. The molecule has 19 rings (SSSR count). The molecule has 0 spiro atoms. The fourth-order valence-corrected chi connectivity index (χ4v) is 14.5. The van der Waals surface area contributed by atoms with E-state index in [1.54, 1.807) is 11.8 Å². The van der Waals surface area contributed by atoms with E-state index in [1.807, 2.05) is 53.7 Å². The number of carbonyl (C=O) groups is 1. The van der Waals surface area contributed by atoms with Crippen LogP contribution in [0.3, 0.4) is 0 Å². The second-order valence-corrected chi connectivity index (χ2v) is 28.7. The van der Waals surface area contributed by atoms with Gasteiger partial charge in [-0.25, -0.2) is 9.52 Å². The van der Waals surface area contributed by atoms with E-state index in [-0.39, 0.29) is 6.09 Å². The largest absolute Gasteiger partial charge is 0.486 e. The summed E-state index contributed by atoms with van der Waals surface area (Å²) >= 11 is 1.67. The van der Waals surface area contributed by atoms with Gasteiger partial charge >= 0.3 is 6.09 Å². The van der Waals surface area contributed by atoms with Crippen molar-refractivity contribution in [3.8, 4) is 11.5 Å². The van der Waals surface area contributed by atoms with Gasteiger partial charge in [0, 0.05) is 117 Å². The van der Waals surface area contributed by atoms with Gasteiger partial charge in [0.1, 0.15) is 13.2 Å². The quantitative estimate of drug-likeness (QED) is 0.0964. The second-order valence-electron chi connectivity index (χ2n) is 25.6. The molecule has 0 saturated carbocycles. The Balaban J connectivity index is 0.000000146. The highest BCUT2D eigenvalue weighted by molar-refractivity contribution is 8.04. The minimum absolute atomic E-state index is 0.286. The van der Waals surface area contributed by atoms with Crippen molar-refractivity contribution in [1.82, 2.24) is 46.4 Å². The molecule has 0 radical (unpaired) electrons. The Morgan fingerprint density at radius 3 is 1.52 bits per heavy atom. The average molecular weight is 1340 g/mol. The van der Waals surface area contributed by atoms with Gasteiger partial charge in [0.05, 0.1) is 32.0 Å². The molecule has 3 aromatic rings. The number of para-hydroxylation sites is 4. The Hall–Kier alpha value is -5.00. The predicted molar refractivity (Wildman–Crippen MR) is 394 cm³/mol. The molecule has 526 valence electrons. The van der Waals surface area contributed by atoms with Gasteiger partial charge in [0.2, 0.25) is 0 Å². The number of allylic oxidation sites excluding steroid dienone is 1. The van der Waals surface area contributed by atoms with Crippen LogP contribution in [-0.4, -0.2) is 181 Å². The monoisotopic (exact) mass is 1340 g/mol. The Bertz CT molecular complexity index is 2380. The highest BCUT2D eigenvalue weighted by Crippen LogP contribution is 2.33. The average Bonchev–Trinajstić information content (AvgIpc) is 2.45. The number of alkyl carbamates (subject to hydrolysis) is 1. The number of hydrogen-bond donors (Lipinski definition) is 9. The van der Waals surface area contributed by atoms with E-state index in [4.69, 9.17) is 18.9 Å². The number of amides is 1. The molecule has 4 bridgehead atoms. The molecular formula is C74H121N11O7S2. The van der Waals surface area contributed by atoms with E-state index in [0.29, 0.717) is 32.0 Å². The van der Waals surface area contributed by atoms with Gasteiger partial charge in [-0.3, -0.25) is 9.11 Å². The molecule has 3 aromatic carbocycles. The van der Waals surface area contributed by atoms with Crippen molar-refractivity contribution < 1.29 is 32.7 Å². The number of thioether (sulfide) groups is 1. The lowest BCUT2D eigenvalue weighted by Gasteiger charge is -2.39. The Kier molecular flexibility index (Phi) is 39.5. The summed E-state index contributed by atoms with van der Waals surface area (Å²) in [5, 5.41) is 29.1. The fraction of sp³-hybridized carbons (Fsp3) is 0.649. The van der Waals surface area contributed by atoms with Gasteiger partial charge in [-0.15, -0.1) is 11.8 Å². The zero-order chi connectivity index (χ0) is 65.5. The molecule has 16 heterocycles. The van der Waals surface area contributed by atoms with Gasteiger partial charge in [0.15, 0.2) is 11.5 Å². The summed E-state index contributed by atoms with van der Waals surface area (Å²) in [4.78, 5) is 15.3. The topological polar surface area (TPSA) is 195 Å². The number of benzene rings is 3. The van der Waals surface area contributed by atoms with E-state index in [0.717, 1.165) is 114 Å². The minimum Gasteiger partial charge on any atom is -0.486 e. The number of hydrogen-bond acceptors (Lipinski definition) is 17. The van der Waals surface area contributed by atoms with Crippen molar-refractivity contribution in [3.05, 3.63) is 119 Å². The molecule has 18 nitrogen and oxygen atoms in total. The number of cyclic esters (lactones) is 1. The fourth-order valence-electron chi connectivity index (χ4n) is 12.7. The van der Waals surface area contributed by atoms with Crippen LogP contribution in [0, 0.1) is 0 Å². The molecule has 20 heteroatoms. The maximum atomic E-state index is 11.2. The summed E-state index contributed by atoms with van der Waals surface area (Å²) in [7, 11) is -1.87. The third-order valence-corrected chi connectivity index (χ3v) is 20.4. The number of nitrogens with one attached hydrogen (secondary N) is 9. The molecule has 16 aliphatic rings. The summed E-state index contributed by atoms with van der Waals surface area (Å²) in [5.74, 6) is 6.07. The first-order chi connectivity index (χ1) is 46.4. The highest BCUT2D eigenvalue weighted by atomic mass is 32.2. The summed E-state index contributed by atoms with van der Waals surface area (Å²) in [6.45, 7) is 19.9. The molecular weight excluding hydrogens is 1220 g/mol. The maximum Gasteiger partial charge on any atom is 0.407 e. The number of nitrogens with zero attached hydrogens (tertiary/aromatic N) is 2. The predicted octanol–water partition coefficient (Wildman–Crippen LogP) is 11.5. The molecule has 1 atom stereocenters. The maximum absolute atomic E-state index is 11.2. The number of aryl methyl sites for hydroxylation is 1. The number of fused-ring (bicyclic) bond motifs is 9. The van der Waals surface area contributed by atoms with Crippen molar-refractivity contribution in [2.75, 3.05) is 141 Å². The first-order valence-corrected chi connectivity index (χ1v) is 39.1. The molecule has 94 heavy (non-hydrogen) atoms. The molecule has 1 unspecified atom stereocenters. The Morgan fingerprint density at radius 1 is 0.511 bits per heavy atom. The van der Waals surface area contributed by atoms with E-state index >= 15 is 0 Å². The summed E-state index contributed by atoms with van der Waals surface area (Å²) in [6, 6.07) is 26.5. The van der Waals surface area contributed by atoms with Crippen LogP contribution in [0.5, 0.6) is 11.5 Å². The van der Waals surface area contributed by atoms with E-state index in [2.05, 4.69) is 122 Å². The van der Waals surface area contributed by atoms with Gasteiger partial charge < -0.3 is 71.1 Å². The summed E-state index contributed by atoms with van der Waals surface area (Å²) in [6.07, 6.45) is 40.8. The van der Waals surface area contributed by atoms with Crippen LogP contribution in [0.2, 0.25) is 0 Å². The van der Waals surface area contributed by atoms with Gasteiger partial charge in [-0.2, -0.15) is 0 Å². The number of rotatable bonds is 0. The summed E-state index contributed by atoms with van der Waals surface area (Å²) in [5.41, 5.74) is 5.57. The number of anilines is 2. The first kappa shape index (κ1) is 76.4. The van der Waals surface area contributed by atoms with Crippen LogP contribution in [-0.2, 0) is 36.8 Å². The van der Waals surface area contributed by atoms with Gasteiger partial charge in [-0.05, 0) is 213 Å². The number of piperidine rings is 4. The smallest absolute Gasteiger partial charge is 0.407 e. The third-order valence-electron chi connectivity index (χ3n) is 18.1. The molecule has 0 aromatic heterocycles. The van der Waals surface area contributed by atoms with Crippen molar-refractivity contribution in [2.24, 2.45) is 0 Å². The van der Waals surface area contributed by atoms with Crippen molar-refractivity contribution in [2.45, 2.75) is 178 Å². The van der Waals surface area contributed by atoms with Crippen molar-refractivity contribution in [3.63, 3.8) is 0 Å². The second kappa shape index (κ2) is 48.7. The normalized spacial score (nSPS) is 25.8. The highest BCUT2D eigenvalue weighted by Gasteiger charge is 2.31. The van der Waals surface area contributed by atoms with Crippen LogP contribution in [0.4, 0.5) is 16.2 Å². The zero-order valence-electron chi connectivity index (χ0n) is 57.1. The molecule has 11 fully saturated rings. The van der Waals surface area contributed by atoms with E-state index in [1.165, 1.54) is 197 Å². The first-order valence-electron chi connectivity index (χ1n) is 36.3. The number of carbonyl (C=O) groups excluding carboxylic acids is 1. The molecule has 1 amide bonds. The number of ether oxygens (including phenoxy) is 5. The van der Waals surface area contributed by atoms with Crippen LogP contribution in [0.15, 0.2) is 108 Å². The Morgan fingerprint density at radius 2 is 1.12 bits per heavy atom. The molecule has 9 N–H and O–H groups in total. The van der Waals surface area contributed by atoms with Crippen LogP contribution in [0.25, 0.3) is 0 Å². The third kappa shape index (κ3) is 33.8. The van der Waals surface area contributed by atoms with Gasteiger partial charge in [0.25, 0.3) is 0 Å². The lowest BCUT2D eigenvalue weighted by molar-refractivity contribution is 0.105. The van der Waals surface area contributed by atoms with E-state index in [9.17, 15) is 9.00 Å². The van der Waals surface area contributed by atoms with Crippen molar-refractivity contribution >= 4 is 44.8 Å². The van der Waals surface area contributed by atoms with Crippen LogP contribution in [0.1, 0.15) is 152 Å². The standard InChI is InChI=1S/C9H17N.C9H11N.C8H9N.C8H8O2.C6H12N2.C6H13NOS.C6H10O.C5H11N.C5H9N.C4H7NO2.C4H9NO.C4H5NS/c1-3-7-10-8-4-2-6-9(10)5-1;1-2-6-9-8(4-1)5-3-7-10-9;1-2-4-8-7(3-1)5-6-9-8;1-2-4-8-7(3-1)9-5-6-10-8;1-3-8-4-2-6(1)7-5-8;1-9(8)6-4-2-3-5-7-9;1-2-6-4-3-5(1)7-6;2*1-2-4-6-5-3-1;6-4-5-2-1-3-7-4;2*1-3-6-4-2-5-1/h9H,1-8H2;1-2,4,6,10H,3,5,7H2;1-4,9H,5-6H2;1-4H,5-6H2;6-7H,1-5H2;1-6H2,(H,7,8);5-6H,1-4H2;6H,1-5H2;2,4,6H,1,3,5H2;1-3H2,(H,5,6);5H,1-4H2;1-5H. The molecule has 0 aliphatic carbocycles. The Labute approximate surface area is 571 Å². The van der Waals surface area contributed by atoms with Gasteiger partial charge in [-0.1, -0.05) is 80.3 Å². The van der Waals surface area contributed by atoms with E-state index < -0.39 is 9.71 Å². The zero-order valence-corrected chi connectivity index (χ0v) is 58.7. The molecule has 16 aliphatic heterocycles. The lowest BCUT2D eigenvalue weighted by Crippen LogP contribution is -2.54. The SMILES string of the molecule is C1=CNCCC1.C1=CSC=CN1.C1CC2CCC1O2.C1CCN2CCCCC2C1.C1CCNCC1.C1CN2CCC1NC2.C1COCCN1.C=S1(=O)CCCCCN1.O=C1NCCCO1.c1ccc2c(c1)CCCN2.c1ccc2c(c1)CCN2.c1ccc2c(c1)OCCO2. The number of morpholine rings is 1. The lowest BCUT2D eigenvalue weighted by atomic mass is 9.93. The minimum atomic E-state index is -1.87. The van der Waals surface area contributed by atoms with Crippen LogP contribution < -0.4 is 56.7 Å². The van der Waals surface area contributed by atoms with Crippen molar-refractivity contribution in [1.29, 1.82) is 0 Å². The molecule has 11 saturated heterocycles.